The fourth-order valence-electron chi connectivity index (χ4n) is 6.17. The molecule has 6 rings (SSSR count). The number of phenolic OH excluding ortho intramolecular Hbond substituents is 1. The van der Waals surface area contributed by atoms with Gasteiger partial charge in [0.15, 0.2) is 0 Å². The van der Waals surface area contributed by atoms with Gasteiger partial charge < -0.3 is 10.4 Å². The van der Waals surface area contributed by atoms with Crippen LogP contribution in [0.2, 0.25) is 0 Å². The van der Waals surface area contributed by atoms with E-state index < -0.39 is 0 Å². The van der Waals surface area contributed by atoms with Crippen LogP contribution < -0.4 is 5.32 Å². The highest BCUT2D eigenvalue weighted by atomic mass is 16.3. The fourth-order valence-corrected chi connectivity index (χ4v) is 6.17. The lowest BCUT2D eigenvalue weighted by atomic mass is 9.65. The molecule has 2 aromatic rings. The summed E-state index contributed by atoms with van der Waals surface area (Å²) in [6.45, 7) is 4.58. The van der Waals surface area contributed by atoms with Crippen LogP contribution in [0.5, 0.6) is 5.75 Å². The fraction of sp³-hybridized carbons (Fsp3) is 0.571. The van der Waals surface area contributed by atoms with Gasteiger partial charge in [-0.3, -0.25) is 9.47 Å². The Morgan fingerprint density at radius 1 is 1.35 bits per heavy atom. The molecule has 2 N–H and O–H groups in total. The first-order valence-corrected chi connectivity index (χ1v) is 9.94. The Hall–Kier alpha value is -2.01. The van der Waals surface area contributed by atoms with Gasteiger partial charge in [-0.05, 0) is 54.9 Å². The lowest BCUT2D eigenvalue weighted by Crippen LogP contribution is -2.56. The minimum absolute atomic E-state index is 0.0649. The van der Waals surface area contributed by atoms with Crippen molar-refractivity contribution < 1.29 is 9.90 Å². The van der Waals surface area contributed by atoms with Crippen molar-refractivity contribution >= 4 is 16.9 Å². The van der Waals surface area contributed by atoms with E-state index in [9.17, 15) is 9.90 Å². The van der Waals surface area contributed by atoms with E-state index in [-0.39, 0.29) is 11.8 Å². The summed E-state index contributed by atoms with van der Waals surface area (Å²) in [4.78, 5) is 15.5. The minimum Gasteiger partial charge on any atom is -0.508 e. The van der Waals surface area contributed by atoms with Crippen LogP contribution in [0.3, 0.4) is 0 Å². The smallest absolute Gasteiger partial charge is 0.326 e. The van der Waals surface area contributed by atoms with Gasteiger partial charge in [0.1, 0.15) is 5.75 Å². The van der Waals surface area contributed by atoms with Crippen molar-refractivity contribution in [1.82, 2.24) is 14.8 Å². The molecule has 5 heteroatoms. The second-order valence-electron chi connectivity index (χ2n) is 8.30. The van der Waals surface area contributed by atoms with Crippen molar-refractivity contribution in [3.05, 3.63) is 29.5 Å². The summed E-state index contributed by atoms with van der Waals surface area (Å²) in [5.74, 6) is 2.15. The van der Waals surface area contributed by atoms with Crippen molar-refractivity contribution in [3.8, 4) is 5.75 Å². The minimum atomic E-state index is -0.0649. The number of carbonyl (C=O) groups is 1. The van der Waals surface area contributed by atoms with Crippen LogP contribution in [-0.2, 0) is 6.42 Å². The third-order valence-corrected chi connectivity index (χ3v) is 7.07. The van der Waals surface area contributed by atoms with E-state index >= 15 is 0 Å². The largest absolute Gasteiger partial charge is 0.508 e. The number of nitrogens with zero attached hydrogens (tertiary/aromatic N) is 2. The lowest BCUT2D eigenvalue weighted by molar-refractivity contribution is -0.0138. The molecule has 3 fully saturated rings. The zero-order valence-corrected chi connectivity index (χ0v) is 15.5. The topological polar surface area (TPSA) is 57.5 Å². The molecule has 1 aromatic carbocycles. The van der Waals surface area contributed by atoms with Crippen LogP contribution in [0.4, 0.5) is 4.79 Å². The molecule has 3 aliphatic heterocycles. The predicted molar refractivity (Wildman–Crippen MR) is 102 cm³/mol. The highest BCUT2D eigenvalue weighted by Crippen LogP contribution is 2.52. The van der Waals surface area contributed by atoms with Gasteiger partial charge in [0.2, 0.25) is 0 Å². The first-order valence-electron chi connectivity index (χ1n) is 9.94. The average molecular weight is 353 g/mol. The summed E-state index contributed by atoms with van der Waals surface area (Å²) in [6.07, 6.45) is 4.69. The molecule has 4 bridgehead atoms. The maximum Gasteiger partial charge on any atom is 0.326 e. The summed E-state index contributed by atoms with van der Waals surface area (Å²) in [7, 11) is 1.70. The summed E-state index contributed by atoms with van der Waals surface area (Å²) < 4.78 is 1.91. The molecule has 4 aliphatic rings. The normalized spacial score (nSPS) is 32.3. The summed E-state index contributed by atoms with van der Waals surface area (Å²) in [6, 6.07) is 5.91. The molecular weight excluding hydrogens is 326 g/mol. The number of aromatic nitrogens is 1. The second-order valence-corrected chi connectivity index (χ2v) is 8.30. The Kier molecular flexibility index (Phi) is 3.58. The van der Waals surface area contributed by atoms with Crippen LogP contribution in [-0.4, -0.2) is 46.8 Å². The number of fused-ring (bicyclic) bond motifs is 4. The summed E-state index contributed by atoms with van der Waals surface area (Å²) >= 11 is 0. The second kappa shape index (κ2) is 5.74. The number of rotatable bonds is 1. The van der Waals surface area contributed by atoms with Crippen molar-refractivity contribution in [2.75, 3.05) is 20.1 Å². The van der Waals surface area contributed by atoms with E-state index in [1.165, 1.54) is 37.1 Å². The molecular formula is C21H27N3O2. The first-order chi connectivity index (χ1) is 12.6. The molecule has 1 amide bonds. The van der Waals surface area contributed by atoms with E-state index in [0.717, 1.165) is 35.7 Å². The number of nitrogens with one attached hydrogen (secondary N) is 1. The van der Waals surface area contributed by atoms with Crippen molar-refractivity contribution in [2.45, 2.75) is 44.6 Å². The number of hydrogen-bond donors (Lipinski definition) is 2. The molecule has 1 unspecified atom stereocenters. The van der Waals surface area contributed by atoms with Gasteiger partial charge in [0, 0.05) is 43.2 Å². The van der Waals surface area contributed by atoms with Crippen LogP contribution in [0, 0.1) is 11.8 Å². The standard InChI is InChI=1S/C21H27N3O2/c1-3-13-8-12-9-17-19(13)23(11-12)7-6-15-16-10-14(25)4-5-18(16)24(20(15)17)21(26)22-2/h4-5,10,12-13,17,19,25H,3,6-9,11H2,1-2H3,(H,22,26)/t12-,13+,17-,19+/m1/s1. The predicted octanol–water partition coefficient (Wildman–Crippen LogP) is 3.29. The molecule has 1 aromatic heterocycles. The number of amides is 1. The zero-order chi connectivity index (χ0) is 18.0. The molecule has 0 radical (unpaired) electrons. The molecule has 5 nitrogen and oxygen atoms in total. The third kappa shape index (κ3) is 2.10. The molecule has 1 saturated carbocycles. The van der Waals surface area contributed by atoms with Gasteiger partial charge in [-0.1, -0.05) is 13.3 Å². The van der Waals surface area contributed by atoms with Gasteiger partial charge in [0.25, 0.3) is 0 Å². The van der Waals surface area contributed by atoms with Gasteiger partial charge in [-0.2, -0.15) is 0 Å². The molecule has 2 saturated heterocycles. The quantitative estimate of drug-likeness (QED) is 0.827. The van der Waals surface area contributed by atoms with Crippen LogP contribution in [0.15, 0.2) is 18.2 Å². The lowest BCUT2D eigenvalue weighted by Gasteiger charge is -2.53. The van der Waals surface area contributed by atoms with E-state index in [1.54, 1.807) is 13.1 Å². The number of piperidine rings is 2. The average Bonchev–Trinajstić information content (AvgIpc) is 2.92. The van der Waals surface area contributed by atoms with Crippen molar-refractivity contribution in [1.29, 1.82) is 0 Å². The molecule has 138 valence electrons. The van der Waals surface area contributed by atoms with Gasteiger partial charge >= 0.3 is 6.03 Å². The van der Waals surface area contributed by atoms with Crippen LogP contribution in [0.25, 0.3) is 10.9 Å². The highest BCUT2D eigenvalue weighted by Gasteiger charge is 2.49. The van der Waals surface area contributed by atoms with Crippen LogP contribution in [0.1, 0.15) is 43.4 Å². The molecule has 4 heterocycles. The van der Waals surface area contributed by atoms with E-state index in [2.05, 4.69) is 17.1 Å². The number of phenols is 1. The summed E-state index contributed by atoms with van der Waals surface area (Å²) in [5, 5.41) is 13.9. The van der Waals surface area contributed by atoms with E-state index in [4.69, 9.17) is 0 Å². The maximum atomic E-state index is 12.9. The Balaban J connectivity index is 1.78. The Bertz CT molecular complexity index is 887. The van der Waals surface area contributed by atoms with E-state index in [1.807, 2.05) is 16.7 Å². The zero-order valence-electron chi connectivity index (χ0n) is 15.5. The van der Waals surface area contributed by atoms with E-state index in [0.29, 0.717) is 12.0 Å². The number of aromatic hydroxyl groups is 1. The van der Waals surface area contributed by atoms with Crippen molar-refractivity contribution in [3.63, 3.8) is 0 Å². The third-order valence-electron chi connectivity index (χ3n) is 7.07. The Morgan fingerprint density at radius 2 is 2.19 bits per heavy atom. The Morgan fingerprint density at radius 3 is 2.96 bits per heavy atom. The van der Waals surface area contributed by atoms with Gasteiger partial charge in [-0.15, -0.1) is 0 Å². The summed E-state index contributed by atoms with van der Waals surface area (Å²) in [5.41, 5.74) is 3.41. The van der Waals surface area contributed by atoms with Crippen molar-refractivity contribution in [2.24, 2.45) is 11.8 Å². The van der Waals surface area contributed by atoms with Gasteiger partial charge in [-0.25, -0.2) is 4.79 Å². The molecule has 1 aliphatic carbocycles. The molecule has 5 atom stereocenters. The number of carbonyl (C=O) groups excluding carboxylic acids is 1. The molecule has 26 heavy (non-hydrogen) atoms. The SMILES string of the molecule is CC[C@H]1C[C@@H]2C[C@H]3c4c(c5cc(O)ccc5n4C(=O)NC)CCN(C2)[C@@H]13. The Labute approximate surface area is 154 Å². The van der Waals surface area contributed by atoms with Gasteiger partial charge in [0.05, 0.1) is 5.52 Å². The highest BCUT2D eigenvalue weighted by molar-refractivity contribution is 5.96. The first kappa shape index (κ1) is 16.2. The maximum absolute atomic E-state index is 12.9. The van der Waals surface area contributed by atoms with Crippen LogP contribution >= 0.6 is 0 Å². The number of benzene rings is 1. The number of hydrogen-bond acceptors (Lipinski definition) is 3. The molecule has 0 spiro atoms. The monoisotopic (exact) mass is 353 g/mol.